The number of nitrogens with zero attached hydrogens (tertiary/aromatic N) is 2. The van der Waals surface area contributed by atoms with E-state index in [-0.39, 0.29) is 29.6 Å². The number of nitrogens with one attached hydrogen (secondary N) is 1. The number of ether oxygens (including phenoxy) is 2. The summed E-state index contributed by atoms with van der Waals surface area (Å²) in [5.41, 5.74) is -0.136. The van der Waals surface area contributed by atoms with Gasteiger partial charge >= 0.3 is 0 Å². The van der Waals surface area contributed by atoms with Crippen LogP contribution < -0.4 is 5.32 Å². The maximum absolute atomic E-state index is 5.76. The van der Waals surface area contributed by atoms with Crippen LogP contribution in [-0.4, -0.2) is 64.0 Å². The van der Waals surface area contributed by atoms with E-state index in [1.165, 1.54) is 4.88 Å². The Hall–Kier alpha value is -0.380. The quantitative estimate of drug-likeness (QED) is 0.409. The van der Waals surface area contributed by atoms with Crippen LogP contribution in [0.4, 0.5) is 0 Å². The zero-order valence-corrected chi connectivity index (χ0v) is 17.4. The zero-order chi connectivity index (χ0) is 15.8. The van der Waals surface area contributed by atoms with Crippen molar-refractivity contribution in [1.29, 1.82) is 0 Å². The Balaban J connectivity index is 0.00000264. The first kappa shape index (κ1) is 20.7. The third-order valence-electron chi connectivity index (χ3n) is 4.25. The first-order valence-corrected chi connectivity index (χ1v) is 8.64. The van der Waals surface area contributed by atoms with Crippen molar-refractivity contribution in [3.8, 4) is 0 Å². The molecule has 1 fully saturated rings. The molecular formula is C16H28IN3O2S. The van der Waals surface area contributed by atoms with Gasteiger partial charge in [-0.3, -0.25) is 4.99 Å². The first-order valence-electron chi connectivity index (χ1n) is 7.76. The Morgan fingerprint density at radius 1 is 1.48 bits per heavy atom. The molecule has 0 atom stereocenters. The smallest absolute Gasteiger partial charge is 0.193 e. The lowest BCUT2D eigenvalue weighted by Gasteiger charge is -2.37. The van der Waals surface area contributed by atoms with Crippen LogP contribution in [0.5, 0.6) is 0 Å². The molecule has 0 saturated carbocycles. The predicted octanol–water partition coefficient (Wildman–Crippen LogP) is 2.61. The summed E-state index contributed by atoms with van der Waals surface area (Å²) < 4.78 is 11.2. The number of halogens is 1. The van der Waals surface area contributed by atoms with E-state index in [0.717, 1.165) is 51.5 Å². The van der Waals surface area contributed by atoms with E-state index >= 15 is 0 Å². The second kappa shape index (κ2) is 10.5. The van der Waals surface area contributed by atoms with Crippen LogP contribution in [0.2, 0.25) is 0 Å². The van der Waals surface area contributed by atoms with Crippen molar-refractivity contribution in [3.63, 3.8) is 0 Å². The van der Waals surface area contributed by atoms with Crippen molar-refractivity contribution in [1.82, 2.24) is 10.2 Å². The standard InChI is InChI=1S/C16H27N3O2S.HI/c1-17-15(19(2)9-6-14-5-4-12-22-14)18-13-16(20-3)7-10-21-11-8-16;/h4-5,12H,6-11,13H2,1-3H3,(H,17,18);1H. The van der Waals surface area contributed by atoms with Gasteiger partial charge in [0.15, 0.2) is 5.96 Å². The molecule has 2 heterocycles. The molecular weight excluding hydrogens is 425 g/mol. The fraction of sp³-hybridized carbons (Fsp3) is 0.688. The van der Waals surface area contributed by atoms with E-state index in [0.29, 0.717) is 0 Å². The SMILES string of the molecule is CN=C(NCC1(OC)CCOCC1)N(C)CCc1cccs1.I. The number of rotatable bonds is 6. The van der Waals surface area contributed by atoms with Crippen molar-refractivity contribution in [2.75, 3.05) is 47.5 Å². The lowest BCUT2D eigenvalue weighted by atomic mass is 9.94. The number of hydrogen-bond acceptors (Lipinski definition) is 4. The van der Waals surface area contributed by atoms with Crippen LogP contribution in [0.15, 0.2) is 22.5 Å². The average molecular weight is 453 g/mol. The highest BCUT2D eigenvalue weighted by molar-refractivity contribution is 14.0. The third kappa shape index (κ3) is 6.21. The van der Waals surface area contributed by atoms with Crippen LogP contribution in [0.25, 0.3) is 0 Å². The van der Waals surface area contributed by atoms with Gasteiger partial charge in [0.1, 0.15) is 0 Å². The summed E-state index contributed by atoms with van der Waals surface area (Å²) in [5, 5.41) is 5.58. The maximum Gasteiger partial charge on any atom is 0.193 e. The highest BCUT2D eigenvalue weighted by atomic mass is 127. The van der Waals surface area contributed by atoms with Crippen molar-refractivity contribution in [2.45, 2.75) is 24.9 Å². The average Bonchev–Trinajstić information content (AvgIpc) is 3.08. The van der Waals surface area contributed by atoms with E-state index in [9.17, 15) is 0 Å². The Morgan fingerprint density at radius 2 is 2.22 bits per heavy atom. The van der Waals surface area contributed by atoms with Gasteiger partial charge in [0.2, 0.25) is 0 Å². The molecule has 0 spiro atoms. The van der Waals surface area contributed by atoms with Crippen molar-refractivity contribution < 1.29 is 9.47 Å². The molecule has 0 amide bonds. The summed E-state index contributed by atoms with van der Waals surface area (Å²) in [4.78, 5) is 7.96. The van der Waals surface area contributed by atoms with Gasteiger partial charge in [-0.1, -0.05) is 6.07 Å². The number of likely N-dealkylation sites (N-methyl/N-ethyl adjacent to an activating group) is 1. The molecule has 0 unspecified atom stereocenters. The molecule has 0 aliphatic carbocycles. The molecule has 2 rings (SSSR count). The summed E-state index contributed by atoms with van der Waals surface area (Å²) in [6, 6.07) is 4.28. The summed E-state index contributed by atoms with van der Waals surface area (Å²) in [6.07, 6.45) is 2.89. The molecule has 5 nitrogen and oxygen atoms in total. The van der Waals surface area contributed by atoms with Gasteiger partial charge in [-0.15, -0.1) is 35.3 Å². The minimum Gasteiger partial charge on any atom is -0.381 e. The minimum atomic E-state index is -0.136. The molecule has 1 aromatic heterocycles. The predicted molar refractivity (Wildman–Crippen MR) is 107 cm³/mol. The topological polar surface area (TPSA) is 46.1 Å². The Kier molecular flexibility index (Phi) is 9.41. The summed E-state index contributed by atoms with van der Waals surface area (Å²) in [6.45, 7) is 3.25. The number of thiophene rings is 1. The highest BCUT2D eigenvalue weighted by Crippen LogP contribution is 2.23. The Labute approximate surface area is 160 Å². The van der Waals surface area contributed by atoms with Gasteiger partial charge in [0, 0.05) is 65.2 Å². The molecule has 1 aliphatic heterocycles. The molecule has 1 saturated heterocycles. The van der Waals surface area contributed by atoms with E-state index in [1.807, 2.05) is 7.05 Å². The maximum atomic E-state index is 5.76. The van der Waals surface area contributed by atoms with Crippen molar-refractivity contribution in [3.05, 3.63) is 22.4 Å². The zero-order valence-electron chi connectivity index (χ0n) is 14.2. The Bertz CT molecular complexity index is 462. The third-order valence-corrected chi connectivity index (χ3v) is 5.19. The first-order chi connectivity index (χ1) is 10.7. The number of aliphatic imine (C=N–C) groups is 1. The second-order valence-corrected chi connectivity index (χ2v) is 6.68. The van der Waals surface area contributed by atoms with Crippen molar-refractivity contribution >= 4 is 41.3 Å². The lowest BCUT2D eigenvalue weighted by molar-refractivity contribution is -0.0857. The molecule has 1 N–H and O–H groups in total. The molecule has 0 bridgehead atoms. The number of methoxy groups -OCH3 is 1. The van der Waals surface area contributed by atoms with Crippen LogP contribution in [-0.2, 0) is 15.9 Å². The van der Waals surface area contributed by atoms with Gasteiger partial charge in [-0.05, 0) is 17.9 Å². The van der Waals surface area contributed by atoms with E-state index in [2.05, 4.69) is 39.8 Å². The highest BCUT2D eigenvalue weighted by Gasteiger charge is 2.32. The van der Waals surface area contributed by atoms with Gasteiger partial charge < -0.3 is 19.7 Å². The summed E-state index contributed by atoms with van der Waals surface area (Å²) >= 11 is 1.80. The van der Waals surface area contributed by atoms with Crippen LogP contribution in [0, 0.1) is 0 Å². The largest absolute Gasteiger partial charge is 0.381 e. The second-order valence-electron chi connectivity index (χ2n) is 5.65. The van der Waals surface area contributed by atoms with Gasteiger partial charge in [0.05, 0.1) is 5.60 Å². The normalized spacial score (nSPS) is 17.4. The van der Waals surface area contributed by atoms with Crippen LogP contribution >= 0.6 is 35.3 Å². The minimum absolute atomic E-state index is 0. The fourth-order valence-electron chi connectivity index (χ4n) is 2.66. The lowest BCUT2D eigenvalue weighted by Crippen LogP contribution is -2.51. The number of hydrogen-bond donors (Lipinski definition) is 1. The van der Waals surface area contributed by atoms with Crippen LogP contribution in [0.1, 0.15) is 17.7 Å². The molecule has 1 aromatic rings. The van der Waals surface area contributed by atoms with Crippen LogP contribution in [0.3, 0.4) is 0 Å². The molecule has 23 heavy (non-hydrogen) atoms. The van der Waals surface area contributed by atoms with Gasteiger partial charge in [-0.25, -0.2) is 0 Å². The van der Waals surface area contributed by atoms with Crippen molar-refractivity contribution in [2.24, 2.45) is 4.99 Å². The van der Waals surface area contributed by atoms with E-state index < -0.39 is 0 Å². The molecule has 0 aromatic carbocycles. The Morgan fingerprint density at radius 3 is 2.78 bits per heavy atom. The summed E-state index contributed by atoms with van der Waals surface area (Å²) in [7, 11) is 5.69. The molecule has 132 valence electrons. The summed E-state index contributed by atoms with van der Waals surface area (Å²) in [5.74, 6) is 0.916. The fourth-order valence-corrected chi connectivity index (χ4v) is 3.36. The monoisotopic (exact) mass is 453 g/mol. The van der Waals surface area contributed by atoms with E-state index in [1.54, 1.807) is 18.4 Å². The van der Waals surface area contributed by atoms with E-state index in [4.69, 9.17) is 9.47 Å². The molecule has 1 aliphatic rings. The molecule has 0 radical (unpaired) electrons. The van der Waals surface area contributed by atoms with Gasteiger partial charge in [0.25, 0.3) is 0 Å². The molecule has 7 heteroatoms. The van der Waals surface area contributed by atoms with Gasteiger partial charge in [-0.2, -0.15) is 0 Å². The number of guanidine groups is 1.